The van der Waals surface area contributed by atoms with Gasteiger partial charge in [-0.05, 0) is 148 Å². The van der Waals surface area contributed by atoms with E-state index in [0.29, 0.717) is 0 Å². The molecule has 0 radical (unpaired) electrons. The van der Waals surface area contributed by atoms with Crippen LogP contribution in [0.4, 0.5) is 0 Å². The molecule has 2 aromatic carbocycles. The molecule has 2 nitrogen and oxygen atoms in total. The Morgan fingerprint density at radius 1 is 0.397 bits per heavy atom. The van der Waals surface area contributed by atoms with Gasteiger partial charge in [0.05, 0.1) is 0 Å². The van der Waals surface area contributed by atoms with E-state index in [-0.39, 0.29) is 0 Å². The maximum absolute atomic E-state index is 12.5. The molecule has 0 aliphatic carbocycles. The van der Waals surface area contributed by atoms with Crippen molar-refractivity contribution in [2.75, 3.05) is 0 Å². The molecule has 0 saturated carbocycles. The van der Waals surface area contributed by atoms with Crippen LogP contribution in [0, 0.1) is 0 Å². The first-order chi connectivity index (χ1) is 28.4. The molecule has 3 rings (SSSR count). The normalized spacial score (nSPS) is 12.8. The SMILES string of the molecule is CCCCCC1=C(c2cc(CCCCC)c(CCCCC)c(CCCCC)c2)[N+](=[N-])C(c2cc(CCCCC)c(CCCCC)c(CCCCC)c2)=C1.C[CH2][Ni][CH2]C. The van der Waals surface area contributed by atoms with Gasteiger partial charge in [0.25, 0.3) is 0 Å². The Labute approximate surface area is 367 Å². The molecule has 0 unspecified atom stereocenters. The van der Waals surface area contributed by atoms with Crippen LogP contribution in [0.25, 0.3) is 16.9 Å². The number of hydrogen-bond acceptors (Lipinski definition) is 0. The van der Waals surface area contributed by atoms with Gasteiger partial charge < -0.3 is 5.53 Å². The maximum atomic E-state index is 12.5. The van der Waals surface area contributed by atoms with Gasteiger partial charge in [-0.15, -0.1) is 0 Å². The van der Waals surface area contributed by atoms with E-state index in [2.05, 4.69) is 92.7 Å². The molecule has 0 N–H and O–H groups in total. The van der Waals surface area contributed by atoms with Crippen molar-refractivity contribution in [1.29, 1.82) is 0 Å². The fourth-order valence-electron chi connectivity index (χ4n) is 8.76. The Bertz CT molecular complexity index is 1410. The molecule has 0 spiro atoms. The van der Waals surface area contributed by atoms with Crippen LogP contribution in [0.1, 0.15) is 248 Å². The fraction of sp³-hybridized carbons (Fsp3) is 0.709. The summed E-state index contributed by atoms with van der Waals surface area (Å²) in [6, 6.07) is 10.0. The summed E-state index contributed by atoms with van der Waals surface area (Å²) in [4.78, 5) is 0. The van der Waals surface area contributed by atoms with Crippen LogP contribution in [-0.2, 0) is 53.0 Å². The first kappa shape index (κ1) is 52.2. The van der Waals surface area contributed by atoms with E-state index in [4.69, 9.17) is 0 Å². The Balaban J connectivity index is 0.00000218. The Kier molecular flexibility index (Phi) is 29.4. The average Bonchev–Trinajstić information content (AvgIpc) is 3.55. The van der Waals surface area contributed by atoms with Crippen LogP contribution in [0.3, 0.4) is 0 Å². The number of unbranched alkanes of at least 4 members (excludes halogenated alkanes) is 14. The van der Waals surface area contributed by atoms with E-state index >= 15 is 0 Å². The fourth-order valence-corrected chi connectivity index (χ4v) is 9.25. The topological polar surface area (TPSA) is 25.3 Å². The van der Waals surface area contributed by atoms with E-state index in [1.807, 2.05) is 14.4 Å². The molecular formula is C55H92N2Ni. The molecule has 1 heterocycles. The summed E-state index contributed by atoms with van der Waals surface area (Å²) in [7, 11) is 0. The zero-order valence-electron chi connectivity index (χ0n) is 39.8. The number of aryl methyl sites for hydroxylation is 4. The van der Waals surface area contributed by atoms with Gasteiger partial charge >= 0.3 is 39.1 Å². The monoisotopic (exact) mass is 839 g/mol. The van der Waals surface area contributed by atoms with E-state index in [1.165, 1.54) is 169 Å². The second-order valence-corrected chi connectivity index (χ2v) is 19.0. The zero-order valence-corrected chi connectivity index (χ0v) is 40.8. The molecule has 0 aromatic heterocycles. The predicted octanol–water partition coefficient (Wildman–Crippen LogP) is 18.4. The van der Waals surface area contributed by atoms with E-state index < -0.39 is 0 Å². The number of benzene rings is 2. The molecular weight excluding hydrogens is 747 g/mol. The molecule has 0 bridgehead atoms. The summed E-state index contributed by atoms with van der Waals surface area (Å²) in [5.41, 5.74) is 27.8. The summed E-state index contributed by atoms with van der Waals surface area (Å²) in [6.45, 7) is 20.6. The van der Waals surface area contributed by atoms with E-state index in [0.717, 1.165) is 49.9 Å². The second kappa shape index (κ2) is 32.7. The number of rotatable bonds is 32. The van der Waals surface area contributed by atoms with Gasteiger partial charge in [0, 0.05) is 22.8 Å². The second-order valence-electron chi connectivity index (χ2n) is 17.1. The van der Waals surface area contributed by atoms with Crippen LogP contribution in [0.5, 0.6) is 0 Å². The van der Waals surface area contributed by atoms with Crippen LogP contribution in [0.2, 0.25) is 10.8 Å². The van der Waals surface area contributed by atoms with Crippen molar-refractivity contribution in [3.63, 3.8) is 0 Å². The first-order valence-electron chi connectivity index (χ1n) is 25.1. The Hall–Kier alpha value is -1.99. The molecule has 0 fully saturated rings. The standard InChI is InChI=1S/C51H82N2.2C2H5.Ni/c1-8-15-22-29-41-36-46(37-42(30-23-16-9-2)48(41)34-27-20-13-6)50-40-45(33-26-19-12-5)51(53(50)52)47-38-43(31-24-17-10-3)49(35-28-21-14-7)44(39-47)32-25-18-11-4;2*1-2;/h36-40H,8-35H2,1-7H3;2*1H2,2H3;. The van der Waals surface area contributed by atoms with Crippen LogP contribution < -0.4 is 0 Å². The van der Waals surface area contributed by atoms with Crippen LogP contribution >= 0.6 is 0 Å². The van der Waals surface area contributed by atoms with Gasteiger partial charge in [0.15, 0.2) is 0 Å². The predicted molar refractivity (Wildman–Crippen MR) is 256 cm³/mol. The average molecular weight is 840 g/mol. The van der Waals surface area contributed by atoms with Crippen molar-refractivity contribution >= 4 is 11.4 Å². The Morgan fingerprint density at radius 2 is 0.707 bits per heavy atom. The summed E-state index contributed by atoms with van der Waals surface area (Å²) >= 11 is 1.82. The molecule has 1 aliphatic heterocycles. The minimum absolute atomic E-state index is 0.993. The summed E-state index contributed by atoms with van der Waals surface area (Å²) in [5, 5.41) is 2.56. The van der Waals surface area contributed by atoms with Gasteiger partial charge in [-0.25, -0.2) is 4.70 Å². The first-order valence-corrected chi connectivity index (χ1v) is 26.5. The van der Waals surface area contributed by atoms with Gasteiger partial charge in [0.1, 0.15) is 0 Å². The van der Waals surface area contributed by atoms with Crippen LogP contribution in [-0.4, -0.2) is 4.70 Å². The van der Waals surface area contributed by atoms with Crippen molar-refractivity contribution < 1.29 is 19.1 Å². The van der Waals surface area contributed by atoms with Gasteiger partial charge in [-0.1, -0.05) is 138 Å². The van der Waals surface area contributed by atoms with Gasteiger partial charge in [0.2, 0.25) is 11.4 Å². The van der Waals surface area contributed by atoms with Crippen molar-refractivity contribution in [2.45, 2.75) is 253 Å². The zero-order chi connectivity index (χ0) is 42.4. The molecule has 58 heavy (non-hydrogen) atoms. The van der Waals surface area contributed by atoms with Gasteiger partial charge in [-0.2, -0.15) is 0 Å². The van der Waals surface area contributed by atoms with Crippen molar-refractivity contribution in [2.24, 2.45) is 0 Å². The number of hydrogen-bond donors (Lipinski definition) is 0. The third-order valence-corrected chi connectivity index (χ3v) is 13.1. The van der Waals surface area contributed by atoms with Gasteiger partial charge in [-0.3, -0.25) is 0 Å². The molecule has 0 saturated heterocycles. The van der Waals surface area contributed by atoms with E-state index in [1.54, 1.807) is 38.1 Å². The molecule has 0 amide bonds. The van der Waals surface area contributed by atoms with Crippen molar-refractivity contribution in [1.82, 2.24) is 0 Å². The van der Waals surface area contributed by atoms with Crippen molar-refractivity contribution in [3.8, 4) is 0 Å². The Morgan fingerprint density at radius 3 is 1.02 bits per heavy atom. The molecule has 1 aliphatic rings. The quantitative estimate of drug-likeness (QED) is 0.0398. The van der Waals surface area contributed by atoms with Crippen LogP contribution in [0.15, 0.2) is 35.9 Å². The molecule has 332 valence electrons. The number of allylic oxidation sites excluding steroid dienone is 2. The third kappa shape index (κ3) is 18.3. The molecule has 2 aromatic rings. The van der Waals surface area contributed by atoms with E-state index in [9.17, 15) is 5.53 Å². The molecule has 0 atom stereocenters. The molecule has 3 heteroatoms. The summed E-state index contributed by atoms with van der Waals surface area (Å²) in [5.74, 6) is 0. The minimum atomic E-state index is 0.993. The third-order valence-electron chi connectivity index (χ3n) is 12.1. The summed E-state index contributed by atoms with van der Waals surface area (Å²) in [6.07, 6.45) is 36.7. The number of nitrogens with zero attached hydrogens (tertiary/aromatic N) is 2. The summed E-state index contributed by atoms with van der Waals surface area (Å²) < 4.78 is 1.64. The van der Waals surface area contributed by atoms with Crippen molar-refractivity contribution in [3.05, 3.63) is 86.0 Å².